The van der Waals surface area contributed by atoms with Crippen molar-refractivity contribution in [2.24, 2.45) is 0 Å². The Labute approximate surface area is 88.7 Å². The molecule has 0 bridgehead atoms. The lowest BCUT2D eigenvalue weighted by atomic mass is 10.2. The lowest BCUT2D eigenvalue weighted by Crippen LogP contribution is -2.16. The summed E-state index contributed by atoms with van der Waals surface area (Å²) in [6.07, 6.45) is 2.47. The molecule has 15 heavy (non-hydrogen) atoms. The largest absolute Gasteiger partial charge is 0.362 e. The summed E-state index contributed by atoms with van der Waals surface area (Å²) in [5.74, 6) is 0.356. The molecule has 0 radical (unpaired) electrons. The average molecular weight is 209 g/mol. The topological polar surface area (TPSA) is 68.1 Å². The van der Waals surface area contributed by atoms with Crippen molar-refractivity contribution in [2.75, 3.05) is 5.32 Å². The molecule has 0 saturated carbocycles. The molecule has 1 rings (SSSR count). The number of nitrogens with zero attached hydrogens (tertiary/aromatic N) is 2. The summed E-state index contributed by atoms with van der Waals surface area (Å²) in [5, 5.41) is 13.9. The fourth-order valence-electron chi connectivity index (χ4n) is 1.22. The Morgan fingerprint density at radius 1 is 1.67 bits per heavy atom. The molecule has 0 aromatic carbocycles. The molecule has 1 aromatic heterocycles. The van der Waals surface area contributed by atoms with Crippen LogP contribution in [0.4, 0.5) is 11.5 Å². The van der Waals surface area contributed by atoms with Crippen LogP contribution in [0.1, 0.15) is 25.8 Å². The van der Waals surface area contributed by atoms with Crippen LogP contribution in [0.15, 0.2) is 12.3 Å². The summed E-state index contributed by atoms with van der Waals surface area (Å²) < 4.78 is 0. The van der Waals surface area contributed by atoms with Gasteiger partial charge in [0.1, 0.15) is 0 Å². The second kappa shape index (κ2) is 4.72. The van der Waals surface area contributed by atoms with Gasteiger partial charge in [-0.15, -0.1) is 0 Å². The van der Waals surface area contributed by atoms with Gasteiger partial charge < -0.3 is 5.32 Å². The molecule has 0 saturated heterocycles. The Balaban J connectivity index is 3.06. The van der Waals surface area contributed by atoms with Crippen molar-refractivity contribution in [2.45, 2.75) is 33.2 Å². The van der Waals surface area contributed by atoms with E-state index < -0.39 is 4.92 Å². The Bertz CT molecular complexity index is 366. The third kappa shape index (κ3) is 2.65. The molecule has 1 atom stereocenters. The van der Waals surface area contributed by atoms with Gasteiger partial charge in [0, 0.05) is 17.8 Å². The first-order valence-corrected chi connectivity index (χ1v) is 4.92. The summed E-state index contributed by atoms with van der Waals surface area (Å²) >= 11 is 0. The number of hydrogen-bond acceptors (Lipinski definition) is 4. The van der Waals surface area contributed by atoms with E-state index >= 15 is 0 Å². The van der Waals surface area contributed by atoms with E-state index in [9.17, 15) is 10.1 Å². The van der Waals surface area contributed by atoms with Crippen LogP contribution in [0.5, 0.6) is 0 Å². The SMILES string of the molecule is CCC(C)Nc1nccc(C)c1[N+](=O)[O-]. The lowest BCUT2D eigenvalue weighted by Gasteiger charge is -2.12. The molecular formula is C10H15N3O2. The highest BCUT2D eigenvalue weighted by atomic mass is 16.6. The number of aryl methyl sites for hydroxylation is 1. The van der Waals surface area contributed by atoms with Gasteiger partial charge in [-0.1, -0.05) is 6.92 Å². The van der Waals surface area contributed by atoms with E-state index in [4.69, 9.17) is 0 Å². The first-order valence-electron chi connectivity index (χ1n) is 4.92. The number of nitro groups is 1. The zero-order valence-electron chi connectivity index (χ0n) is 9.15. The molecule has 0 amide bonds. The van der Waals surface area contributed by atoms with Crippen molar-refractivity contribution >= 4 is 11.5 Å². The third-order valence-corrected chi connectivity index (χ3v) is 2.30. The zero-order valence-corrected chi connectivity index (χ0v) is 9.15. The van der Waals surface area contributed by atoms with Crippen molar-refractivity contribution in [1.29, 1.82) is 0 Å². The first-order chi connectivity index (χ1) is 7.06. The molecule has 1 aromatic rings. The highest BCUT2D eigenvalue weighted by molar-refractivity contribution is 5.60. The highest BCUT2D eigenvalue weighted by Crippen LogP contribution is 2.26. The van der Waals surface area contributed by atoms with E-state index in [-0.39, 0.29) is 11.7 Å². The summed E-state index contributed by atoms with van der Waals surface area (Å²) in [6.45, 7) is 5.69. The molecule has 5 heteroatoms. The van der Waals surface area contributed by atoms with E-state index in [0.717, 1.165) is 6.42 Å². The second-order valence-electron chi connectivity index (χ2n) is 3.54. The molecule has 0 aliphatic heterocycles. The van der Waals surface area contributed by atoms with Crippen molar-refractivity contribution in [3.05, 3.63) is 27.9 Å². The second-order valence-corrected chi connectivity index (χ2v) is 3.54. The van der Waals surface area contributed by atoms with E-state index in [1.807, 2.05) is 13.8 Å². The van der Waals surface area contributed by atoms with Gasteiger partial charge in [-0.05, 0) is 26.3 Å². The minimum Gasteiger partial charge on any atom is -0.362 e. The van der Waals surface area contributed by atoms with Crippen molar-refractivity contribution in [1.82, 2.24) is 4.98 Å². The molecular weight excluding hydrogens is 194 g/mol. The summed E-state index contributed by atoms with van der Waals surface area (Å²) in [5.41, 5.74) is 0.693. The van der Waals surface area contributed by atoms with Crippen molar-refractivity contribution in [3.8, 4) is 0 Å². The maximum absolute atomic E-state index is 10.8. The monoisotopic (exact) mass is 209 g/mol. The standard InChI is InChI=1S/C10H15N3O2/c1-4-8(3)12-10-9(13(14)15)7(2)5-6-11-10/h5-6,8H,4H2,1-3H3,(H,11,12). The zero-order chi connectivity index (χ0) is 11.4. The fourth-order valence-corrected chi connectivity index (χ4v) is 1.22. The summed E-state index contributed by atoms with van der Waals surface area (Å²) in [4.78, 5) is 14.4. The molecule has 0 spiro atoms. The molecule has 1 heterocycles. The lowest BCUT2D eigenvalue weighted by molar-refractivity contribution is -0.384. The van der Waals surface area contributed by atoms with Gasteiger partial charge in [-0.25, -0.2) is 4.98 Å². The van der Waals surface area contributed by atoms with Gasteiger partial charge in [0.2, 0.25) is 5.82 Å². The molecule has 1 N–H and O–H groups in total. The maximum Gasteiger partial charge on any atom is 0.314 e. The Hall–Kier alpha value is -1.65. The van der Waals surface area contributed by atoms with Crippen LogP contribution in [0.2, 0.25) is 0 Å². The quantitative estimate of drug-likeness (QED) is 0.611. The number of nitrogens with one attached hydrogen (secondary N) is 1. The number of rotatable bonds is 4. The van der Waals surface area contributed by atoms with E-state index in [2.05, 4.69) is 10.3 Å². The molecule has 5 nitrogen and oxygen atoms in total. The number of anilines is 1. The minimum absolute atomic E-state index is 0.0674. The van der Waals surface area contributed by atoms with Crippen LogP contribution >= 0.6 is 0 Å². The molecule has 1 unspecified atom stereocenters. The number of hydrogen-bond donors (Lipinski definition) is 1. The predicted octanol–water partition coefficient (Wildman–Crippen LogP) is 2.51. The van der Waals surface area contributed by atoms with Gasteiger partial charge >= 0.3 is 5.69 Å². The first kappa shape index (κ1) is 11.4. The molecule has 0 aliphatic carbocycles. The van der Waals surface area contributed by atoms with Gasteiger partial charge in [-0.3, -0.25) is 10.1 Å². The maximum atomic E-state index is 10.8. The average Bonchev–Trinajstić information content (AvgIpc) is 2.17. The highest BCUT2D eigenvalue weighted by Gasteiger charge is 2.18. The van der Waals surface area contributed by atoms with Crippen LogP contribution in [-0.2, 0) is 0 Å². The van der Waals surface area contributed by atoms with Crippen LogP contribution in [0.25, 0.3) is 0 Å². The summed E-state index contributed by atoms with van der Waals surface area (Å²) in [7, 11) is 0. The smallest absolute Gasteiger partial charge is 0.314 e. The Morgan fingerprint density at radius 3 is 2.87 bits per heavy atom. The van der Waals surface area contributed by atoms with Crippen LogP contribution in [0.3, 0.4) is 0 Å². The normalized spacial score (nSPS) is 12.2. The Morgan fingerprint density at radius 2 is 2.33 bits per heavy atom. The summed E-state index contributed by atoms with van der Waals surface area (Å²) in [6, 6.07) is 1.82. The molecule has 0 aliphatic rings. The number of pyridine rings is 1. The minimum atomic E-state index is -0.396. The van der Waals surface area contributed by atoms with Crippen LogP contribution in [0, 0.1) is 17.0 Å². The van der Waals surface area contributed by atoms with Gasteiger partial charge in [0.05, 0.1) is 4.92 Å². The molecule has 82 valence electrons. The van der Waals surface area contributed by atoms with Gasteiger partial charge in [0.15, 0.2) is 0 Å². The van der Waals surface area contributed by atoms with Crippen LogP contribution in [-0.4, -0.2) is 15.9 Å². The van der Waals surface area contributed by atoms with Crippen LogP contribution < -0.4 is 5.32 Å². The van der Waals surface area contributed by atoms with Gasteiger partial charge in [-0.2, -0.15) is 0 Å². The van der Waals surface area contributed by atoms with Crippen molar-refractivity contribution in [3.63, 3.8) is 0 Å². The van der Waals surface area contributed by atoms with E-state index in [1.165, 1.54) is 0 Å². The van der Waals surface area contributed by atoms with E-state index in [1.54, 1.807) is 19.2 Å². The third-order valence-electron chi connectivity index (χ3n) is 2.30. The van der Waals surface area contributed by atoms with Gasteiger partial charge in [0.25, 0.3) is 0 Å². The van der Waals surface area contributed by atoms with E-state index in [0.29, 0.717) is 11.4 Å². The predicted molar refractivity (Wildman–Crippen MR) is 59.0 cm³/mol. The fraction of sp³-hybridized carbons (Fsp3) is 0.500. The molecule has 0 fully saturated rings. The Kier molecular flexibility index (Phi) is 3.60. The van der Waals surface area contributed by atoms with Crippen molar-refractivity contribution < 1.29 is 4.92 Å². The number of aromatic nitrogens is 1.